The topological polar surface area (TPSA) is 141 Å². The predicted octanol–water partition coefficient (Wildman–Crippen LogP) is 4.57. The van der Waals surface area contributed by atoms with Crippen LogP contribution in [0.25, 0.3) is 17.4 Å². The number of furan rings is 1. The van der Waals surface area contributed by atoms with Crippen LogP contribution >= 0.6 is 11.8 Å². The summed E-state index contributed by atoms with van der Waals surface area (Å²) in [4.78, 5) is 49.3. The number of nitrogens with one attached hydrogen (secondary N) is 1. The summed E-state index contributed by atoms with van der Waals surface area (Å²) in [7, 11) is 0. The van der Waals surface area contributed by atoms with E-state index in [1.165, 1.54) is 12.1 Å². The molecular formula is C24H17N3O8S. The van der Waals surface area contributed by atoms with Gasteiger partial charge in [0, 0.05) is 35.0 Å². The van der Waals surface area contributed by atoms with Crippen LogP contribution in [0.15, 0.2) is 57.9 Å². The lowest BCUT2D eigenvalue weighted by Gasteiger charge is -2.12. The average molecular weight is 507 g/mol. The number of aryl methyl sites for hydroxylation is 1. The molecule has 3 amide bonds. The second-order valence-corrected chi connectivity index (χ2v) is 8.84. The molecule has 182 valence electrons. The number of imide groups is 1. The number of hydrogen-bond donors (Lipinski definition) is 1. The predicted molar refractivity (Wildman–Crippen MR) is 129 cm³/mol. The van der Waals surface area contributed by atoms with Gasteiger partial charge in [0.1, 0.15) is 18.1 Å². The molecule has 12 heteroatoms. The Labute approximate surface area is 207 Å². The fraction of sp³-hybridized carbons (Fsp3) is 0.125. The SMILES string of the molecule is Cc1ccc(-c2ccc(/C=C3/SC(=O)N(CC(=O)Nc4ccc5c(c4)OCO5)C3=O)o2)cc1[N+](=O)[O-]. The van der Waals surface area contributed by atoms with E-state index in [9.17, 15) is 24.5 Å². The number of nitro benzene ring substituents is 1. The molecule has 36 heavy (non-hydrogen) atoms. The molecule has 0 unspecified atom stereocenters. The van der Waals surface area contributed by atoms with Crippen molar-refractivity contribution in [1.29, 1.82) is 0 Å². The second kappa shape index (κ2) is 9.23. The fourth-order valence-electron chi connectivity index (χ4n) is 3.63. The molecule has 3 aromatic rings. The molecule has 1 saturated heterocycles. The summed E-state index contributed by atoms with van der Waals surface area (Å²) in [6.45, 7) is 1.27. The maximum absolute atomic E-state index is 12.8. The van der Waals surface area contributed by atoms with Crippen molar-refractivity contribution in [2.24, 2.45) is 0 Å². The third-order valence-electron chi connectivity index (χ3n) is 5.42. The van der Waals surface area contributed by atoms with Gasteiger partial charge in [-0.3, -0.25) is 29.4 Å². The van der Waals surface area contributed by atoms with Gasteiger partial charge in [-0.2, -0.15) is 0 Å². The van der Waals surface area contributed by atoms with Crippen molar-refractivity contribution in [1.82, 2.24) is 4.90 Å². The molecule has 0 bridgehead atoms. The van der Waals surface area contributed by atoms with Crippen LogP contribution < -0.4 is 14.8 Å². The summed E-state index contributed by atoms with van der Waals surface area (Å²) in [6.07, 6.45) is 1.40. The zero-order chi connectivity index (χ0) is 25.4. The lowest BCUT2D eigenvalue weighted by molar-refractivity contribution is -0.385. The number of anilines is 1. The molecule has 2 aliphatic rings. The molecule has 2 aliphatic heterocycles. The number of benzene rings is 2. The van der Waals surface area contributed by atoms with Crippen molar-refractivity contribution in [3.8, 4) is 22.8 Å². The van der Waals surface area contributed by atoms with Gasteiger partial charge >= 0.3 is 0 Å². The highest BCUT2D eigenvalue weighted by Gasteiger charge is 2.36. The van der Waals surface area contributed by atoms with Crippen LogP contribution in [0.4, 0.5) is 16.2 Å². The van der Waals surface area contributed by atoms with Crippen molar-refractivity contribution in [3.63, 3.8) is 0 Å². The first-order chi connectivity index (χ1) is 17.3. The van der Waals surface area contributed by atoms with E-state index in [1.54, 1.807) is 49.4 Å². The first kappa shape index (κ1) is 23.2. The molecule has 1 fully saturated rings. The highest BCUT2D eigenvalue weighted by molar-refractivity contribution is 8.18. The van der Waals surface area contributed by atoms with E-state index in [0.29, 0.717) is 45.8 Å². The van der Waals surface area contributed by atoms with Gasteiger partial charge in [0.2, 0.25) is 12.7 Å². The van der Waals surface area contributed by atoms with Gasteiger partial charge in [-0.05, 0) is 43.0 Å². The van der Waals surface area contributed by atoms with Crippen molar-refractivity contribution in [2.45, 2.75) is 6.92 Å². The Balaban J connectivity index is 1.27. The first-order valence-corrected chi connectivity index (χ1v) is 11.4. The molecular weight excluding hydrogens is 490 g/mol. The highest BCUT2D eigenvalue weighted by Crippen LogP contribution is 2.35. The van der Waals surface area contributed by atoms with Gasteiger partial charge in [-0.25, -0.2) is 0 Å². The summed E-state index contributed by atoms with van der Waals surface area (Å²) < 4.78 is 16.2. The van der Waals surface area contributed by atoms with E-state index < -0.39 is 28.5 Å². The molecule has 0 saturated carbocycles. The summed E-state index contributed by atoms with van der Waals surface area (Å²) in [5.41, 5.74) is 1.42. The molecule has 1 aromatic heterocycles. The minimum Gasteiger partial charge on any atom is -0.457 e. The Hall–Kier alpha value is -4.58. The number of carbonyl (C=O) groups is 3. The Morgan fingerprint density at radius 1 is 1.14 bits per heavy atom. The van der Waals surface area contributed by atoms with Gasteiger partial charge in [-0.1, -0.05) is 12.1 Å². The lowest BCUT2D eigenvalue weighted by Crippen LogP contribution is -2.36. The summed E-state index contributed by atoms with van der Waals surface area (Å²) in [5.74, 6) is 0.509. The van der Waals surface area contributed by atoms with Crippen LogP contribution in [-0.2, 0) is 9.59 Å². The third kappa shape index (κ3) is 4.53. The molecule has 5 rings (SSSR count). The first-order valence-electron chi connectivity index (χ1n) is 10.6. The Kier molecular flexibility index (Phi) is 5.94. The monoisotopic (exact) mass is 507 g/mol. The summed E-state index contributed by atoms with van der Waals surface area (Å²) in [5, 5.41) is 13.2. The highest BCUT2D eigenvalue weighted by atomic mass is 32.2. The van der Waals surface area contributed by atoms with Gasteiger partial charge in [-0.15, -0.1) is 0 Å². The number of nitrogens with zero attached hydrogens (tertiary/aromatic N) is 2. The Morgan fingerprint density at radius 3 is 2.75 bits per heavy atom. The van der Waals surface area contributed by atoms with E-state index in [1.807, 2.05) is 0 Å². The third-order valence-corrected chi connectivity index (χ3v) is 6.33. The van der Waals surface area contributed by atoms with E-state index in [-0.39, 0.29) is 23.1 Å². The molecule has 2 aromatic carbocycles. The zero-order valence-corrected chi connectivity index (χ0v) is 19.5. The maximum Gasteiger partial charge on any atom is 0.294 e. The largest absolute Gasteiger partial charge is 0.457 e. The molecule has 0 spiro atoms. The number of hydrogen-bond acceptors (Lipinski definition) is 9. The standard InChI is InChI=1S/C24H17N3O8S/c1-13-2-3-14(8-17(13)27(31)32)18-7-5-16(35-18)10-21-23(29)26(24(30)36-21)11-22(28)25-15-4-6-19-20(9-15)34-12-33-19/h2-10H,11-12H2,1H3,(H,25,28)/b21-10+. The number of amides is 3. The molecule has 1 N–H and O–H groups in total. The van der Waals surface area contributed by atoms with Crippen molar-refractivity contribution in [2.75, 3.05) is 18.7 Å². The van der Waals surface area contributed by atoms with Crippen molar-refractivity contribution in [3.05, 3.63) is 74.9 Å². The van der Waals surface area contributed by atoms with Crippen LogP contribution in [0.3, 0.4) is 0 Å². The summed E-state index contributed by atoms with van der Waals surface area (Å²) >= 11 is 0.687. The minimum absolute atomic E-state index is 0.0365. The van der Waals surface area contributed by atoms with Crippen molar-refractivity contribution < 1.29 is 33.2 Å². The van der Waals surface area contributed by atoms with Crippen molar-refractivity contribution >= 4 is 46.3 Å². The van der Waals surface area contributed by atoms with Crippen LogP contribution in [0.2, 0.25) is 0 Å². The second-order valence-electron chi connectivity index (χ2n) is 7.84. The molecule has 0 aliphatic carbocycles. The van der Waals surface area contributed by atoms with E-state index in [0.717, 1.165) is 4.90 Å². The molecule has 3 heterocycles. The van der Waals surface area contributed by atoms with E-state index in [4.69, 9.17) is 13.9 Å². The Morgan fingerprint density at radius 2 is 1.94 bits per heavy atom. The number of nitro groups is 1. The maximum atomic E-state index is 12.8. The smallest absolute Gasteiger partial charge is 0.294 e. The number of ether oxygens (including phenoxy) is 2. The zero-order valence-electron chi connectivity index (χ0n) is 18.7. The van der Waals surface area contributed by atoms with Gasteiger partial charge < -0.3 is 19.2 Å². The summed E-state index contributed by atoms with van der Waals surface area (Å²) in [6, 6.07) is 12.8. The van der Waals surface area contributed by atoms with Gasteiger partial charge in [0.05, 0.1) is 9.83 Å². The van der Waals surface area contributed by atoms with Crippen LogP contribution in [0, 0.1) is 17.0 Å². The van der Waals surface area contributed by atoms with Crippen LogP contribution in [0.5, 0.6) is 11.5 Å². The minimum atomic E-state index is -0.630. The normalized spacial score (nSPS) is 15.6. The fourth-order valence-corrected chi connectivity index (χ4v) is 4.45. The number of rotatable bonds is 6. The number of thioether (sulfide) groups is 1. The molecule has 0 atom stereocenters. The van der Waals surface area contributed by atoms with Gasteiger partial charge in [0.15, 0.2) is 11.5 Å². The lowest BCUT2D eigenvalue weighted by atomic mass is 10.1. The number of carbonyl (C=O) groups excluding carboxylic acids is 3. The quantitative estimate of drug-likeness (QED) is 0.288. The van der Waals surface area contributed by atoms with Crippen LogP contribution in [0.1, 0.15) is 11.3 Å². The van der Waals surface area contributed by atoms with Crippen LogP contribution in [-0.4, -0.2) is 40.2 Å². The average Bonchev–Trinajstić information content (AvgIpc) is 3.56. The number of fused-ring (bicyclic) bond motifs is 1. The Bertz CT molecular complexity index is 1460. The molecule has 11 nitrogen and oxygen atoms in total. The van der Waals surface area contributed by atoms with E-state index >= 15 is 0 Å². The van der Waals surface area contributed by atoms with E-state index in [2.05, 4.69) is 5.32 Å². The molecule has 0 radical (unpaired) electrons. The van der Waals surface area contributed by atoms with Gasteiger partial charge in [0.25, 0.3) is 16.8 Å².